The van der Waals surface area contributed by atoms with E-state index in [9.17, 15) is 4.79 Å². The van der Waals surface area contributed by atoms with Crippen LogP contribution in [0.4, 0.5) is 11.6 Å². The Morgan fingerprint density at radius 3 is 2.73 bits per heavy atom. The number of unbranched alkanes of at least 4 members (excludes halogenated alkanes) is 1. The van der Waals surface area contributed by atoms with Crippen LogP contribution < -0.4 is 10.2 Å². The maximum Gasteiger partial charge on any atom is 0.222 e. The molecular formula is C23H38N6O. The first kappa shape index (κ1) is 21.3. The fraction of sp³-hybridized carbons (Fsp3) is 0.783. The van der Waals surface area contributed by atoms with Crippen molar-refractivity contribution in [2.24, 2.45) is 5.92 Å². The summed E-state index contributed by atoms with van der Waals surface area (Å²) in [5.41, 5.74) is 0. The van der Waals surface area contributed by atoms with Crippen LogP contribution in [0.2, 0.25) is 0 Å². The van der Waals surface area contributed by atoms with Gasteiger partial charge in [0.1, 0.15) is 18.0 Å². The van der Waals surface area contributed by atoms with Gasteiger partial charge in [0.05, 0.1) is 0 Å². The van der Waals surface area contributed by atoms with Gasteiger partial charge < -0.3 is 15.1 Å². The van der Waals surface area contributed by atoms with Crippen molar-refractivity contribution in [2.75, 3.05) is 56.0 Å². The third-order valence-corrected chi connectivity index (χ3v) is 6.74. The molecule has 4 rings (SSSR count). The summed E-state index contributed by atoms with van der Waals surface area (Å²) in [6, 6.07) is 2.69. The Morgan fingerprint density at radius 2 is 1.97 bits per heavy atom. The molecule has 0 spiro atoms. The molecule has 2 aliphatic heterocycles. The molecule has 7 heteroatoms. The molecule has 166 valence electrons. The number of piperidine rings is 1. The average molecular weight is 415 g/mol. The summed E-state index contributed by atoms with van der Waals surface area (Å²) >= 11 is 0. The number of aromatic nitrogens is 2. The zero-order chi connectivity index (χ0) is 20.8. The molecule has 1 N–H and O–H groups in total. The van der Waals surface area contributed by atoms with Crippen molar-refractivity contribution in [1.29, 1.82) is 0 Å². The van der Waals surface area contributed by atoms with Crippen molar-refractivity contribution >= 4 is 17.5 Å². The molecule has 3 heterocycles. The lowest BCUT2D eigenvalue weighted by molar-refractivity contribution is -0.133. The number of carbonyl (C=O) groups is 1. The van der Waals surface area contributed by atoms with E-state index < -0.39 is 0 Å². The highest BCUT2D eigenvalue weighted by Gasteiger charge is 2.26. The molecule has 0 unspecified atom stereocenters. The van der Waals surface area contributed by atoms with Crippen LogP contribution in [-0.2, 0) is 4.79 Å². The number of rotatable bonds is 9. The third kappa shape index (κ3) is 6.06. The van der Waals surface area contributed by atoms with E-state index in [1.807, 2.05) is 0 Å². The van der Waals surface area contributed by atoms with E-state index in [-0.39, 0.29) is 0 Å². The molecule has 2 saturated heterocycles. The van der Waals surface area contributed by atoms with Crippen LogP contribution >= 0.6 is 0 Å². The van der Waals surface area contributed by atoms with Crippen LogP contribution in [0.15, 0.2) is 12.4 Å². The second-order valence-corrected chi connectivity index (χ2v) is 9.25. The van der Waals surface area contributed by atoms with Gasteiger partial charge in [0.2, 0.25) is 5.91 Å². The first-order valence-electron chi connectivity index (χ1n) is 12.0. The number of hydrogen-bond acceptors (Lipinski definition) is 6. The van der Waals surface area contributed by atoms with Gasteiger partial charge in [-0.05, 0) is 51.0 Å². The van der Waals surface area contributed by atoms with E-state index in [1.165, 1.54) is 45.1 Å². The maximum atomic E-state index is 12.7. The highest BCUT2D eigenvalue weighted by atomic mass is 16.2. The predicted molar refractivity (Wildman–Crippen MR) is 121 cm³/mol. The fourth-order valence-corrected chi connectivity index (χ4v) is 4.63. The zero-order valence-corrected chi connectivity index (χ0v) is 18.6. The van der Waals surface area contributed by atoms with Crippen LogP contribution in [0.25, 0.3) is 0 Å². The van der Waals surface area contributed by atoms with Crippen molar-refractivity contribution in [3.63, 3.8) is 0 Å². The van der Waals surface area contributed by atoms with Crippen molar-refractivity contribution in [2.45, 2.75) is 64.3 Å². The van der Waals surface area contributed by atoms with Crippen LogP contribution in [0.1, 0.15) is 58.3 Å². The van der Waals surface area contributed by atoms with Gasteiger partial charge in [-0.2, -0.15) is 0 Å². The lowest BCUT2D eigenvalue weighted by Crippen LogP contribution is -2.49. The molecule has 0 aromatic carbocycles. The Morgan fingerprint density at radius 1 is 1.13 bits per heavy atom. The van der Waals surface area contributed by atoms with Crippen molar-refractivity contribution in [3.05, 3.63) is 12.4 Å². The molecule has 1 atom stereocenters. The molecular weight excluding hydrogens is 376 g/mol. The molecule has 3 fully saturated rings. The molecule has 0 radical (unpaired) electrons. The molecule has 30 heavy (non-hydrogen) atoms. The summed E-state index contributed by atoms with van der Waals surface area (Å²) in [7, 11) is 0. The van der Waals surface area contributed by atoms with E-state index >= 15 is 0 Å². The van der Waals surface area contributed by atoms with E-state index in [2.05, 4.69) is 43.0 Å². The Labute approximate surface area is 181 Å². The highest BCUT2D eigenvalue weighted by molar-refractivity contribution is 5.76. The van der Waals surface area contributed by atoms with Crippen molar-refractivity contribution < 1.29 is 4.79 Å². The summed E-state index contributed by atoms with van der Waals surface area (Å²) in [5.74, 6) is 2.88. The molecule has 7 nitrogen and oxygen atoms in total. The Hall–Kier alpha value is -1.89. The van der Waals surface area contributed by atoms with Gasteiger partial charge in [0.25, 0.3) is 0 Å². The monoisotopic (exact) mass is 414 g/mol. The van der Waals surface area contributed by atoms with Crippen molar-refractivity contribution in [3.8, 4) is 0 Å². The molecule has 1 aromatic rings. The lowest BCUT2D eigenvalue weighted by atomic mass is 9.93. The molecule has 3 aliphatic rings. The van der Waals surface area contributed by atoms with Crippen LogP contribution in [0.5, 0.6) is 0 Å². The molecule has 1 saturated carbocycles. The number of anilines is 2. The quantitative estimate of drug-likeness (QED) is 0.670. The van der Waals surface area contributed by atoms with E-state index in [1.54, 1.807) is 6.33 Å². The second-order valence-electron chi connectivity index (χ2n) is 9.25. The minimum Gasteiger partial charge on any atom is -0.367 e. The van der Waals surface area contributed by atoms with Gasteiger partial charge >= 0.3 is 0 Å². The topological polar surface area (TPSA) is 64.6 Å². The Bertz CT molecular complexity index is 686. The third-order valence-electron chi connectivity index (χ3n) is 6.74. The first-order valence-corrected chi connectivity index (χ1v) is 12.0. The summed E-state index contributed by atoms with van der Waals surface area (Å²) in [4.78, 5) is 28.6. The molecule has 1 aromatic heterocycles. The van der Waals surface area contributed by atoms with E-state index in [0.29, 0.717) is 24.3 Å². The van der Waals surface area contributed by atoms with Crippen LogP contribution in [0.3, 0.4) is 0 Å². The number of hydrogen-bond donors (Lipinski definition) is 1. The SMILES string of the molecule is CCCCN1CCN(C(=O)CC[C@@H]2CCCN(c3cc(NC4CC4)ncn3)C2)CC1. The largest absolute Gasteiger partial charge is 0.367 e. The number of amides is 1. The molecule has 0 bridgehead atoms. The van der Waals surface area contributed by atoms with E-state index in [0.717, 1.165) is 57.3 Å². The van der Waals surface area contributed by atoms with Gasteiger partial charge in [-0.1, -0.05) is 13.3 Å². The van der Waals surface area contributed by atoms with Gasteiger partial charge in [0.15, 0.2) is 0 Å². The maximum absolute atomic E-state index is 12.7. The minimum atomic E-state index is 0.347. The minimum absolute atomic E-state index is 0.347. The number of nitrogens with one attached hydrogen (secondary N) is 1. The highest BCUT2D eigenvalue weighted by Crippen LogP contribution is 2.28. The van der Waals surface area contributed by atoms with Gasteiger partial charge in [0, 0.05) is 57.8 Å². The smallest absolute Gasteiger partial charge is 0.222 e. The van der Waals surface area contributed by atoms with E-state index in [4.69, 9.17) is 0 Å². The normalized spacial score (nSPS) is 22.9. The summed E-state index contributed by atoms with van der Waals surface area (Å²) in [6.45, 7) is 9.33. The Kier molecular flexibility index (Phi) is 7.42. The fourth-order valence-electron chi connectivity index (χ4n) is 4.63. The standard InChI is InChI=1S/C23H38N6O/c1-2-3-10-27-12-14-28(15-13-27)23(30)9-6-19-5-4-11-29(17-19)22-16-21(24-18-25-22)26-20-7-8-20/h16,18-20H,2-15,17H2,1H3,(H,24,25,26)/t19-/m0/s1. The summed E-state index contributed by atoms with van der Waals surface area (Å²) in [5, 5.41) is 3.47. The van der Waals surface area contributed by atoms with Crippen LogP contribution in [0, 0.1) is 5.92 Å². The van der Waals surface area contributed by atoms with Gasteiger partial charge in [-0.25, -0.2) is 9.97 Å². The number of carbonyl (C=O) groups excluding carboxylic acids is 1. The Balaban J connectivity index is 1.21. The average Bonchev–Trinajstić information content (AvgIpc) is 3.61. The second kappa shape index (κ2) is 10.4. The number of piperazine rings is 1. The molecule has 1 aliphatic carbocycles. The first-order chi connectivity index (χ1) is 14.7. The molecule has 1 amide bonds. The van der Waals surface area contributed by atoms with Gasteiger partial charge in [-0.15, -0.1) is 0 Å². The lowest BCUT2D eigenvalue weighted by Gasteiger charge is -2.36. The van der Waals surface area contributed by atoms with Crippen molar-refractivity contribution in [1.82, 2.24) is 19.8 Å². The summed E-state index contributed by atoms with van der Waals surface area (Å²) < 4.78 is 0. The zero-order valence-electron chi connectivity index (χ0n) is 18.6. The number of nitrogens with zero attached hydrogens (tertiary/aromatic N) is 5. The van der Waals surface area contributed by atoms with Crippen LogP contribution in [-0.4, -0.2) is 77.5 Å². The van der Waals surface area contributed by atoms with Gasteiger partial charge in [-0.3, -0.25) is 9.69 Å². The summed E-state index contributed by atoms with van der Waals surface area (Å²) in [6.07, 6.45) is 10.7. The predicted octanol–water partition coefficient (Wildman–Crippen LogP) is 2.99.